The maximum Gasteiger partial charge on any atom is 0.178 e. The van der Waals surface area contributed by atoms with E-state index < -0.39 is 9.84 Å². The lowest BCUT2D eigenvalue weighted by Gasteiger charge is -1.96. The molecule has 0 bridgehead atoms. The summed E-state index contributed by atoms with van der Waals surface area (Å²) < 4.78 is 26.1. The fourth-order valence-corrected chi connectivity index (χ4v) is 3.14. The second-order valence-corrected chi connectivity index (χ2v) is 7.54. The molecule has 9 heteroatoms. The Morgan fingerprint density at radius 1 is 1.38 bits per heavy atom. The van der Waals surface area contributed by atoms with E-state index in [2.05, 4.69) is 15.2 Å². The van der Waals surface area contributed by atoms with Gasteiger partial charge in [0, 0.05) is 31.1 Å². The number of hydrogen-bond acceptors (Lipinski definition) is 6. The minimum atomic E-state index is -3.22. The van der Waals surface area contributed by atoms with E-state index in [-0.39, 0.29) is 4.90 Å². The van der Waals surface area contributed by atoms with E-state index in [0.717, 1.165) is 22.7 Å². The second kappa shape index (κ2) is 5.08. The average molecular weight is 323 g/mol. The number of nitrogens with zero attached hydrogens (tertiary/aromatic N) is 5. The largest absolute Gasteiger partial charge is 0.275 e. The lowest BCUT2D eigenvalue weighted by molar-refractivity contribution is 0.601. The van der Waals surface area contributed by atoms with Gasteiger partial charge in [0.15, 0.2) is 9.84 Å². The molecule has 7 nitrogen and oxygen atoms in total. The minimum Gasteiger partial charge on any atom is -0.275 e. The van der Waals surface area contributed by atoms with Gasteiger partial charge in [0.2, 0.25) is 0 Å². The van der Waals surface area contributed by atoms with Crippen LogP contribution in [0.3, 0.4) is 0 Å². The molecule has 3 aromatic heterocycles. The van der Waals surface area contributed by atoms with Crippen molar-refractivity contribution in [2.24, 2.45) is 7.05 Å². The van der Waals surface area contributed by atoms with Crippen LogP contribution in [0.15, 0.2) is 34.9 Å². The molecule has 0 aliphatic heterocycles. The summed E-state index contributed by atoms with van der Waals surface area (Å²) >= 11 is 1.50. The van der Waals surface area contributed by atoms with Crippen LogP contribution in [0.1, 0.15) is 5.69 Å². The molecule has 0 aliphatic carbocycles. The molecule has 0 unspecified atom stereocenters. The van der Waals surface area contributed by atoms with E-state index in [4.69, 9.17) is 0 Å². The number of hydrogen-bond donors (Lipinski definition) is 0. The molecule has 3 rings (SSSR count). The van der Waals surface area contributed by atoms with Crippen LogP contribution in [0.25, 0.3) is 10.7 Å². The molecule has 0 saturated carbocycles. The van der Waals surface area contributed by atoms with Crippen molar-refractivity contribution in [2.75, 3.05) is 6.26 Å². The quantitative estimate of drug-likeness (QED) is 0.720. The molecule has 0 N–H and O–H groups in total. The first kappa shape index (κ1) is 14.0. The maximum absolute atomic E-state index is 11.4. The topological polar surface area (TPSA) is 82.7 Å². The van der Waals surface area contributed by atoms with Crippen molar-refractivity contribution in [1.82, 2.24) is 24.5 Å². The van der Waals surface area contributed by atoms with Crippen molar-refractivity contribution in [3.8, 4) is 10.7 Å². The Labute approximate surface area is 125 Å². The molecule has 0 radical (unpaired) electrons. The molecule has 110 valence electrons. The highest BCUT2D eigenvalue weighted by atomic mass is 32.2. The van der Waals surface area contributed by atoms with Crippen LogP contribution in [0.4, 0.5) is 0 Å². The summed E-state index contributed by atoms with van der Waals surface area (Å²) in [7, 11) is -1.37. The number of aromatic nitrogens is 5. The molecule has 0 amide bonds. The van der Waals surface area contributed by atoms with Gasteiger partial charge in [-0.2, -0.15) is 10.2 Å². The van der Waals surface area contributed by atoms with Crippen LogP contribution in [0, 0.1) is 0 Å². The number of rotatable bonds is 4. The molecule has 21 heavy (non-hydrogen) atoms. The van der Waals surface area contributed by atoms with Crippen LogP contribution in [0.5, 0.6) is 0 Å². The fourth-order valence-electron chi connectivity index (χ4n) is 1.81. The first-order valence-electron chi connectivity index (χ1n) is 6.09. The van der Waals surface area contributed by atoms with Gasteiger partial charge in [-0.3, -0.25) is 9.36 Å². The summed E-state index contributed by atoms with van der Waals surface area (Å²) in [6.07, 6.45) is 5.88. The van der Waals surface area contributed by atoms with E-state index >= 15 is 0 Å². The number of sulfone groups is 1. The molecule has 0 fully saturated rings. The normalized spacial score (nSPS) is 11.9. The molecule has 3 heterocycles. The zero-order valence-corrected chi connectivity index (χ0v) is 13.1. The second-order valence-electron chi connectivity index (χ2n) is 4.66. The van der Waals surface area contributed by atoms with E-state index in [1.54, 1.807) is 9.36 Å². The monoisotopic (exact) mass is 323 g/mol. The summed E-state index contributed by atoms with van der Waals surface area (Å²) in [5.41, 5.74) is 1.65. The van der Waals surface area contributed by atoms with Crippen LogP contribution >= 0.6 is 11.3 Å². The summed E-state index contributed by atoms with van der Waals surface area (Å²) in [5.74, 6) is 0. The summed E-state index contributed by atoms with van der Waals surface area (Å²) in [6, 6.07) is 1.90. The van der Waals surface area contributed by atoms with Crippen LogP contribution < -0.4 is 0 Å². The van der Waals surface area contributed by atoms with Gasteiger partial charge in [0.1, 0.15) is 15.6 Å². The summed E-state index contributed by atoms with van der Waals surface area (Å²) in [4.78, 5) is 4.70. The van der Waals surface area contributed by atoms with Gasteiger partial charge in [-0.1, -0.05) is 0 Å². The minimum absolute atomic E-state index is 0.211. The molecule has 0 atom stereocenters. The highest BCUT2D eigenvalue weighted by Crippen LogP contribution is 2.22. The lowest BCUT2D eigenvalue weighted by atomic mass is 10.4. The Morgan fingerprint density at radius 2 is 2.19 bits per heavy atom. The molecule has 3 aromatic rings. The highest BCUT2D eigenvalue weighted by Gasteiger charge is 2.12. The third kappa shape index (κ3) is 3.03. The van der Waals surface area contributed by atoms with Crippen LogP contribution in [-0.2, 0) is 23.4 Å². The molecule has 0 spiro atoms. The molecular weight excluding hydrogens is 310 g/mol. The average Bonchev–Trinajstić information content (AvgIpc) is 3.08. The van der Waals surface area contributed by atoms with Gasteiger partial charge < -0.3 is 0 Å². The Morgan fingerprint density at radius 3 is 2.81 bits per heavy atom. The Kier molecular flexibility index (Phi) is 3.38. The first-order valence-corrected chi connectivity index (χ1v) is 8.86. The third-order valence-electron chi connectivity index (χ3n) is 2.85. The van der Waals surface area contributed by atoms with Gasteiger partial charge in [-0.15, -0.1) is 11.3 Å². The lowest BCUT2D eigenvalue weighted by Crippen LogP contribution is -2.01. The zero-order valence-electron chi connectivity index (χ0n) is 11.5. The Balaban J connectivity index is 1.80. The molecule has 0 aliphatic rings. The predicted molar refractivity (Wildman–Crippen MR) is 78.8 cm³/mol. The van der Waals surface area contributed by atoms with Crippen molar-refractivity contribution in [3.63, 3.8) is 0 Å². The van der Waals surface area contributed by atoms with Gasteiger partial charge >= 0.3 is 0 Å². The standard InChI is InChI=1S/C12H13N5O2S2/c1-16-4-3-11(15-16)12-14-9(8-20-12)6-17-7-10(5-13-17)21(2,18)19/h3-5,7-8H,6H2,1-2H3. The summed E-state index contributed by atoms with van der Waals surface area (Å²) in [5, 5.41) is 11.1. The highest BCUT2D eigenvalue weighted by molar-refractivity contribution is 7.90. The van der Waals surface area contributed by atoms with Gasteiger partial charge in [0.05, 0.1) is 18.4 Å². The van der Waals surface area contributed by atoms with Gasteiger partial charge in [-0.05, 0) is 6.07 Å². The van der Waals surface area contributed by atoms with Crippen LogP contribution in [0.2, 0.25) is 0 Å². The predicted octanol–water partition coefficient (Wildman–Crippen LogP) is 1.19. The number of thiazole rings is 1. The Hall–Kier alpha value is -2.00. The first-order chi connectivity index (χ1) is 9.91. The van der Waals surface area contributed by atoms with Gasteiger partial charge in [-0.25, -0.2) is 13.4 Å². The van der Waals surface area contributed by atoms with E-state index in [0.29, 0.717) is 6.54 Å². The van der Waals surface area contributed by atoms with Crippen molar-refractivity contribution in [1.29, 1.82) is 0 Å². The number of aryl methyl sites for hydroxylation is 1. The fraction of sp³-hybridized carbons (Fsp3) is 0.250. The van der Waals surface area contributed by atoms with Crippen LogP contribution in [-0.4, -0.2) is 39.2 Å². The molecule has 0 saturated heterocycles. The van der Waals surface area contributed by atoms with Crippen molar-refractivity contribution >= 4 is 21.2 Å². The van der Waals surface area contributed by atoms with E-state index in [1.807, 2.05) is 24.7 Å². The van der Waals surface area contributed by atoms with E-state index in [9.17, 15) is 8.42 Å². The molecule has 0 aromatic carbocycles. The SMILES string of the molecule is Cn1ccc(-c2nc(Cn3cc(S(C)(=O)=O)cn3)cs2)n1. The molecular formula is C12H13N5O2S2. The van der Waals surface area contributed by atoms with Gasteiger partial charge in [0.25, 0.3) is 0 Å². The Bertz CT molecular complexity index is 875. The van der Waals surface area contributed by atoms with E-state index in [1.165, 1.54) is 23.7 Å². The zero-order chi connectivity index (χ0) is 15.0. The van der Waals surface area contributed by atoms with Crippen molar-refractivity contribution in [2.45, 2.75) is 11.4 Å². The smallest absolute Gasteiger partial charge is 0.178 e. The summed E-state index contributed by atoms with van der Waals surface area (Å²) in [6.45, 7) is 0.429. The van der Waals surface area contributed by atoms with Crippen molar-refractivity contribution < 1.29 is 8.42 Å². The van der Waals surface area contributed by atoms with Crippen molar-refractivity contribution in [3.05, 3.63) is 35.7 Å². The third-order valence-corrected chi connectivity index (χ3v) is 4.83. The maximum atomic E-state index is 11.4.